The summed E-state index contributed by atoms with van der Waals surface area (Å²) in [5.41, 5.74) is 0.285. The van der Waals surface area contributed by atoms with Crippen LogP contribution in [-0.4, -0.2) is 62.9 Å². The Balaban J connectivity index is 2.43. The lowest BCUT2D eigenvalue weighted by Gasteiger charge is -2.34. The molecule has 6 nitrogen and oxygen atoms in total. The Hall–Kier alpha value is -1.15. The third kappa shape index (κ3) is 3.85. The summed E-state index contributed by atoms with van der Waals surface area (Å²) < 4.78 is 32.7. The second kappa shape index (κ2) is 6.76. The molecule has 0 unspecified atom stereocenters. The van der Waals surface area contributed by atoms with E-state index < -0.39 is 10.0 Å². The molecule has 1 heterocycles. The van der Waals surface area contributed by atoms with Crippen molar-refractivity contribution in [1.29, 1.82) is 0 Å². The van der Waals surface area contributed by atoms with E-state index in [-0.39, 0.29) is 46.7 Å². The first-order valence-electron chi connectivity index (χ1n) is 7.29. The minimum atomic E-state index is -3.79. The van der Waals surface area contributed by atoms with Gasteiger partial charge in [0.25, 0.3) is 5.91 Å². The molecule has 0 aromatic heterocycles. The molecule has 23 heavy (non-hydrogen) atoms. The Morgan fingerprint density at radius 1 is 1.26 bits per heavy atom. The maximum absolute atomic E-state index is 12.9. The molecule has 1 aliphatic rings. The third-order valence-corrected chi connectivity index (χ3v) is 5.90. The van der Waals surface area contributed by atoms with Crippen LogP contribution in [0.4, 0.5) is 0 Å². The first kappa shape index (κ1) is 18.2. The largest absolute Gasteiger partial charge is 0.373 e. The van der Waals surface area contributed by atoms with Crippen LogP contribution < -0.4 is 0 Å². The molecule has 0 aliphatic carbocycles. The van der Waals surface area contributed by atoms with Gasteiger partial charge in [-0.15, -0.1) is 0 Å². The van der Waals surface area contributed by atoms with Gasteiger partial charge in [0, 0.05) is 32.7 Å². The quantitative estimate of drug-likeness (QED) is 0.824. The number of sulfonamides is 1. The van der Waals surface area contributed by atoms with Crippen molar-refractivity contribution in [2.24, 2.45) is 0 Å². The van der Waals surface area contributed by atoms with E-state index in [1.807, 2.05) is 13.8 Å². The standard InChI is InChI=1S/C15H21ClN2O4S/c1-10-8-18(9-11(2)22-10)23(20,21)14-7-12(5-6-13(14)16)15(19)17(3)4/h5-7,10-11H,8-9H2,1-4H3/t10-,11-/m1/s1. The van der Waals surface area contributed by atoms with E-state index in [2.05, 4.69) is 0 Å². The molecule has 0 spiro atoms. The molecule has 1 saturated heterocycles. The smallest absolute Gasteiger partial charge is 0.253 e. The van der Waals surface area contributed by atoms with Gasteiger partial charge in [-0.25, -0.2) is 8.42 Å². The maximum atomic E-state index is 12.9. The number of benzene rings is 1. The molecule has 1 amide bonds. The van der Waals surface area contributed by atoms with Crippen LogP contribution in [-0.2, 0) is 14.8 Å². The van der Waals surface area contributed by atoms with Crippen LogP contribution in [0.5, 0.6) is 0 Å². The average Bonchev–Trinajstić information content (AvgIpc) is 2.45. The van der Waals surface area contributed by atoms with Gasteiger partial charge in [0.05, 0.1) is 17.2 Å². The minimum Gasteiger partial charge on any atom is -0.373 e. The summed E-state index contributed by atoms with van der Waals surface area (Å²) in [6.07, 6.45) is -0.391. The normalized spacial score (nSPS) is 22.8. The highest BCUT2D eigenvalue weighted by Gasteiger charge is 2.33. The molecule has 8 heteroatoms. The summed E-state index contributed by atoms with van der Waals surface area (Å²) in [6.45, 7) is 4.17. The number of morpholine rings is 1. The molecule has 2 rings (SSSR count). The van der Waals surface area contributed by atoms with Gasteiger partial charge in [0.1, 0.15) is 4.90 Å². The lowest BCUT2D eigenvalue weighted by atomic mass is 10.2. The molecule has 1 aromatic rings. The van der Waals surface area contributed by atoms with Crippen molar-refractivity contribution < 1.29 is 17.9 Å². The monoisotopic (exact) mass is 360 g/mol. The number of nitrogens with zero attached hydrogens (tertiary/aromatic N) is 2. The summed E-state index contributed by atoms with van der Waals surface area (Å²) in [4.78, 5) is 13.4. The SMILES string of the molecule is C[C@@H]1CN(S(=O)(=O)c2cc(C(=O)N(C)C)ccc2Cl)C[C@@H](C)O1. The molecule has 0 bridgehead atoms. The number of carbonyl (C=O) groups excluding carboxylic acids is 1. The van der Waals surface area contributed by atoms with Crippen LogP contribution in [0.1, 0.15) is 24.2 Å². The number of halogens is 1. The molecule has 1 aromatic carbocycles. The second-order valence-corrected chi connectivity index (χ2v) is 8.24. The van der Waals surface area contributed by atoms with E-state index in [0.29, 0.717) is 0 Å². The van der Waals surface area contributed by atoms with Crippen molar-refractivity contribution in [2.75, 3.05) is 27.2 Å². The summed E-state index contributed by atoms with van der Waals surface area (Å²) in [5.74, 6) is -0.276. The first-order valence-corrected chi connectivity index (χ1v) is 9.11. The van der Waals surface area contributed by atoms with E-state index in [1.54, 1.807) is 14.1 Å². The summed E-state index contributed by atoms with van der Waals surface area (Å²) in [5, 5.41) is 0.104. The molecule has 0 N–H and O–H groups in total. The van der Waals surface area contributed by atoms with Crippen LogP contribution >= 0.6 is 11.6 Å². The van der Waals surface area contributed by atoms with E-state index in [1.165, 1.54) is 27.4 Å². The van der Waals surface area contributed by atoms with E-state index in [4.69, 9.17) is 16.3 Å². The van der Waals surface area contributed by atoms with Crippen molar-refractivity contribution in [2.45, 2.75) is 31.0 Å². The number of amides is 1. The van der Waals surface area contributed by atoms with Crippen LogP contribution in [0, 0.1) is 0 Å². The fourth-order valence-electron chi connectivity index (χ4n) is 2.56. The number of hydrogen-bond donors (Lipinski definition) is 0. The predicted molar refractivity (Wildman–Crippen MR) is 88.2 cm³/mol. The number of hydrogen-bond acceptors (Lipinski definition) is 4. The van der Waals surface area contributed by atoms with Crippen molar-refractivity contribution in [3.05, 3.63) is 28.8 Å². The Kier molecular flexibility index (Phi) is 5.35. The van der Waals surface area contributed by atoms with Crippen molar-refractivity contribution in [3.63, 3.8) is 0 Å². The fraction of sp³-hybridized carbons (Fsp3) is 0.533. The average molecular weight is 361 g/mol. The van der Waals surface area contributed by atoms with Gasteiger partial charge in [-0.1, -0.05) is 11.6 Å². The predicted octanol–water partition coefficient (Wildman–Crippen LogP) is 1.84. The lowest BCUT2D eigenvalue weighted by molar-refractivity contribution is -0.0440. The van der Waals surface area contributed by atoms with Crippen molar-refractivity contribution >= 4 is 27.5 Å². The molecular weight excluding hydrogens is 340 g/mol. The Labute approximate surface area is 142 Å². The Bertz CT molecular complexity index is 695. The van der Waals surface area contributed by atoms with Crippen LogP contribution in [0.2, 0.25) is 5.02 Å². The summed E-state index contributed by atoms with van der Waals surface area (Å²) in [6, 6.07) is 4.30. The van der Waals surface area contributed by atoms with Gasteiger partial charge in [0.2, 0.25) is 10.0 Å². The minimum absolute atomic E-state index is 0.0480. The van der Waals surface area contributed by atoms with E-state index >= 15 is 0 Å². The lowest BCUT2D eigenvalue weighted by Crippen LogP contribution is -2.48. The van der Waals surface area contributed by atoms with Gasteiger partial charge in [-0.3, -0.25) is 4.79 Å². The maximum Gasteiger partial charge on any atom is 0.253 e. The Morgan fingerprint density at radius 3 is 2.35 bits per heavy atom. The second-order valence-electron chi connectivity index (χ2n) is 5.92. The molecule has 2 atom stereocenters. The van der Waals surface area contributed by atoms with Gasteiger partial charge in [0.15, 0.2) is 0 Å². The fourth-order valence-corrected chi connectivity index (χ4v) is 4.65. The van der Waals surface area contributed by atoms with Gasteiger partial charge in [-0.2, -0.15) is 4.31 Å². The zero-order valence-corrected chi connectivity index (χ0v) is 15.2. The van der Waals surface area contributed by atoms with E-state index in [9.17, 15) is 13.2 Å². The van der Waals surface area contributed by atoms with E-state index in [0.717, 1.165) is 0 Å². The van der Waals surface area contributed by atoms with Gasteiger partial charge in [-0.05, 0) is 32.0 Å². The van der Waals surface area contributed by atoms with Crippen molar-refractivity contribution in [3.8, 4) is 0 Å². The number of ether oxygens (including phenoxy) is 1. The topological polar surface area (TPSA) is 66.9 Å². The molecule has 1 aliphatic heterocycles. The third-order valence-electron chi connectivity index (χ3n) is 3.59. The number of carbonyl (C=O) groups is 1. The highest BCUT2D eigenvalue weighted by Crippen LogP contribution is 2.28. The zero-order valence-electron chi connectivity index (χ0n) is 13.6. The molecule has 0 radical (unpaired) electrons. The zero-order chi connectivity index (χ0) is 17.4. The van der Waals surface area contributed by atoms with Gasteiger partial charge >= 0.3 is 0 Å². The molecule has 1 fully saturated rings. The highest BCUT2D eigenvalue weighted by molar-refractivity contribution is 7.89. The van der Waals surface area contributed by atoms with Crippen molar-refractivity contribution in [1.82, 2.24) is 9.21 Å². The molecular formula is C15H21ClN2O4S. The molecule has 128 valence electrons. The highest BCUT2D eigenvalue weighted by atomic mass is 35.5. The molecule has 0 saturated carbocycles. The Morgan fingerprint density at radius 2 is 1.83 bits per heavy atom. The number of rotatable bonds is 3. The van der Waals surface area contributed by atoms with Gasteiger partial charge < -0.3 is 9.64 Å². The van der Waals surface area contributed by atoms with Crippen LogP contribution in [0.3, 0.4) is 0 Å². The van der Waals surface area contributed by atoms with Crippen LogP contribution in [0.25, 0.3) is 0 Å². The first-order chi connectivity index (χ1) is 10.6. The summed E-state index contributed by atoms with van der Waals surface area (Å²) in [7, 11) is -0.574. The summed E-state index contributed by atoms with van der Waals surface area (Å²) >= 11 is 6.10. The van der Waals surface area contributed by atoms with Crippen LogP contribution in [0.15, 0.2) is 23.1 Å².